The number of aryl methyl sites for hydroxylation is 1. The smallest absolute Gasteiger partial charge is 0.305 e. The van der Waals surface area contributed by atoms with Gasteiger partial charge in [-0.1, -0.05) is 36.5 Å². The maximum absolute atomic E-state index is 13.8. The molecule has 0 aliphatic carbocycles. The zero-order valence-corrected chi connectivity index (χ0v) is 12.4. The summed E-state index contributed by atoms with van der Waals surface area (Å²) in [5.74, 6) is -1.20. The number of carboxylic acids is 1. The molecule has 0 spiro atoms. The lowest BCUT2D eigenvalue weighted by Crippen LogP contribution is -2.26. The second kappa shape index (κ2) is 7.12. The molecule has 1 heterocycles. The monoisotopic (exact) mass is 309 g/mol. The van der Waals surface area contributed by atoms with Gasteiger partial charge in [0.2, 0.25) is 5.13 Å². The lowest BCUT2D eigenvalue weighted by atomic mass is 10.2. The van der Waals surface area contributed by atoms with Crippen molar-refractivity contribution in [2.45, 2.75) is 26.3 Å². The van der Waals surface area contributed by atoms with Crippen LogP contribution in [0.25, 0.3) is 0 Å². The normalized spacial score (nSPS) is 10.6. The van der Waals surface area contributed by atoms with Crippen molar-refractivity contribution in [3.05, 3.63) is 40.7 Å². The molecule has 0 unspecified atom stereocenters. The van der Waals surface area contributed by atoms with Gasteiger partial charge in [-0.05, 0) is 12.5 Å². The lowest BCUT2D eigenvalue weighted by Gasteiger charge is -2.20. The van der Waals surface area contributed by atoms with E-state index in [4.69, 9.17) is 5.11 Å². The number of benzene rings is 1. The number of carboxylic acid groups (broad SMARTS) is 1. The van der Waals surface area contributed by atoms with E-state index in [2.05, 4.69) is 10.2 Å². The van der Waals surface area contributed by atoms with Crippen LogP contribution in [0.15, 0.2) is 24.3 Å². The molecular weight excluding hydrogens is 293 g/mol. The SMILES string of the molecule is CCc1nnc(N(CCC(=O)O)Cc2ccccc2F)s1. The topological polar surface area (TPSA) is 66.3 Å². The van der Waals surface area contributed by atoms with Crippen LogP contribution in [0.2, 0.25) is 0 Å². The molecule has 1 aromatic heterocycles. The Morgan fingerprint density at radius 2 is 2.14 bits per heavy atom. The van der Waals surface area contributed by atoms with E-state index in [-0.39, 0.29) is 25.3 Å². The molecule has 0 saturated heterocycles. The molecular formula is C14H16FN3O2S. The number of hydrogen-bond acceptors (Lipinski definition) is 5. The van der Waals surface area contributed by atoms with Crippen molar-refractivity contribution in [3.8, 4) is 0 Å². The Morgan fingerprint density at radius 3 is 2.76 bits per heavy atom. The van der Waals surface area contributed by atoms with Gasteiger partial charge < -0.3 is 10.0 Å². The molecule has 0 radical (unpaired) electrons. The van der Waals surface area contributed by atoms with Crippen LogP contribution in [-0.4, -0.2) is 27.8 Å². The third kappa shape index (κ3) is 4.22. The van der Waals surface area contributed by atoms with Gasteiger partial charge in [-0.15, -0.1) is 10.2 Å². The average molecular weight is 309 g/mol. The summed E-state index contributed by atoms with van der Waals surface area (Å²) in [6.07, 6.45) is 0.736. The van der Waals surface area contributed by atoms with E-state index in [1.807, 2.05) is 6.92 Å². The minimum atomic E-state index is -0.895. The minimum Gasteiger partial charge on any atom is -0.481 e. The van der Waals surface area contributed by atoms with Crippen molar-refractivity contribution in [1.82, 2.24) is 10.2 Å². The Bertz CT molecular complexity index is 618. The number of rotatable bonds is 7. The molecule has 0 bridgehead atoms. The zero-order chi connectivity index (χ0) is 15.2. The van der Waals surface area contributed by atoms with Crippen molar-refractivity contribution >= 4 is 22.4 Å². The number of aromatic nitrogens is 2. The molecule has 0 atom stereocenters. The van der Waals surface area contributed by atoms with E-state index in [1.165, 1.54) is 17.4 Å². The molecule has 112 valence electrons. The molecule has 0 fully saturated rings. The summed E-state index contributed by atoms with van der Waals surface area (Å²) in [4.78, 5) is 12.5. The third-order valence-electron chi connectivity index (χ3n) is 2.94. The van der Waals surface area contributed by atoms with Crippen molar-refractivity contribution in [1.29, 1.82) is 0 Å². The van der Waals surface area contributed by atoms with Crippen LogP contribution in [0, 0.1) is 5.82 Å². The Morgan fingerprint density at radius 1 is 1.38 bits per heavy atom. The van der Waals surface area contributed by atoms with Gasteiger partial charge in [0.15, 0.2) is 0 Å². The van der Waals surface area contributed by atoms with E-state index in [1.54, 1.807) is 23.1 Å². The molecule has 0 aliphatic heterocycles. The van der Waals surface area contributed by atoms with Gasteiger partial charge in [-0.25, -0.2) is 4.39 Å². The number of anilines is 1. The Balaban J connectivity index is 2.19. The molecule has 21 heavy (non-hydrogen) atoms. The van der Waals surface area contributed by atoms with Crippen molar-refractivity contribution in [2.75, 3.05) is 11.4 Å². The van der Waals surface area contributed by atoms with Crippen LogP contribution in [-0.2, 0) is 17.8 Å². The maximum Gasteiger partial charge on any atom is 0.305 e. The maximum atomic E-state index is 13.8. The first-order valence-corrected chi connectivity index (χ1v) is 7.44. The van der Waals surface area contributed by atoms with Gasteiger partial charge in [0, 0.05) is 18.7 Å². The first-order valence-electron chi connectivity index (χ1n) is 6.62. The summed E-state index contributed by atoms with van der Waals surface area (Å²) in [6.45, 7) is 2.52. The van der Waals surface area contributed by atoms with Gasteiger partial charge in [-0.2, -0.15) is 0 Å². The fraction of sp³-hybridized carbons (Fsp3) is 0.357. The van der Waals surface area contributed by atoms with E-state index >= 15 is 0 Å². The largest absolute Gasteiger partial charge is 0.481 e. The first kappa shape index (κ1) is 15.4. The second-order valence-electron chi connectivity index (χ2n) is 4.49. The molecule has 0 amide bonds. The number of halogens is 1. The van der Waals surface area contributed by atoms with Crippen LogP contribution in [0.3, 0.4) is 0 Å². The van der Waals surface area contributed by atoms with Gasteiger partial charge >= 0.3 is 5.97 Å². The Labute approximate surface area is 126 Å². The highest BCUT2D eigenvalue weighted by atomic mass is 32.1. The van der Waals surface area contributed by atoms with E-state index in [0.29, 0.717) is 10.7 Å². The van der Waals surface area contributed by atoms with Crippen LogP contribution in [0.5, 0.6) is 0 Å². The number of aliphatic carboxylic acids is 1. The van der Waals surface area contributed by atoms with Crippen LogP contribution in [0.1, 0.15) is 23.9 Å². The summed E-state index contributed by atoms with van der Waals surface area (Å²) in [6, 6.07) is 6.46. The van der Waals surface area contributed by atoms with Crippen molar-refractivity contribution < 1.29 is 14.3 Å². The summed E-state index contributed by atoms with van der Waals surface area (Å²) >= 11 is 1.41. The minimum absolute atomic E-state index is 0.0323. The molecule has 0 aliphatic rings. The summed E-state index contributed by atoms with van der Waals surface area (Å²) in [7, 11) is 0. The number of nitrogens with zero attached hydrogens (tertiary/aromatic N) is 3. The molecule has 1 N–H and O–H groups in total. The predicted octanol–water partition coefficient (Wildman–Crippen LogP) is 2.72. The molecule has 2 rings (SSSR count). The third-order valence-corrected chi connectivity index (χ3v) is 4.07. The molecule has 2 aromatic rings. The van der Waals surface area contributed by atoms with Gasteiger partial charge in [0.1, 0.15) is 10.8 Å². The molecule has 7 heteroatoms. The highest BCUT2D eigenvalue weighted by molar-refractivity contribution is 7.15. The summed E-state index contributed by atoms with van der Waals surface area (Å²) in [5, 5.41) is 18.4. The van der Waals surface area contributed by atoms with E-state index in [9.17, 15) is 9.18 Å². The lowest BCUT2D eigenvalue weighted by molar-refractivity contribution is -0.136. The highest BCUT2D eigenvalue weighted by Crippen LogP contribution is 2.23. The fourth-order valence-electron chi connectivity index (χ4n) is 1.82. The first-order chi connectivity index (χ1) is 10.1. The molecule has 5 nitrogen and oxygen atoms in total. The molecule has 1 aromatic carbocycles. The van der Waals surface area contributed by atoms with E-state index in [0.717, 1.165) is 11.4 Å². The second-order valence-corrected chi connectivity index (χ2v) is 5.53. The standard InChI is InChI=1S/C14H16FN3O2S/c1-2-12-16-17-14(21-12)18(8-7-13(19)20)9-10-5-3-4-6-11(10)15/h3-6H,2,7-9H2,1H3,(H,19,20). The Hall–Kier alpha value is -2.02. The Kier molecular flexibility index (Phi) is 5.21. The van der Waals surface area contributed by atoms with Crippen LogP contribution in [0.4, 0.5) is 9.52 Å². The zero-order valence-electron chi connectivity index (χ0n) is 11.6. The van der Waals surface area contributed by atoms with Gasteiger partial charge in [-0.3, -0.25) is 4.79 Å². The number of hydrogen-bond donors (Lipinski definition) is 1. The fourth-order valence-corrected chi connectivity index (χ4v) is 2.62. The summed E-state index contributed by atoms with van der Waals surface area (Å²) < 4.78 is 13.8. The average Bonchev–Trinajstić information content (AvgIpc) is 2.94. The predicted molar refractivity (Wildman–Crippen MR) is 79.0 cm³/mol. The van der Waals surface area contributed by atoms with Gasteiger partial charge in [0.25, 0.3) is 0 Å². The van der Waals surface area contributed by atoms with Crippen LogP contribution < -0.4 is 4.90 Å². The van der Waals surface area contributed by atoms with Crippen LogP contribution >= 0.6 is 11.3 Å². The number of carbonyl (C=O) groups is 1. The molecule has 0 saturated carbocycles. The van der Waals surface area contributed by atoms with Crippen molar-refractivity contribution in [2.24, 2.45) is 0 Å². The quantitative estimate of drug-likeness (QED) is 0.852. The highest BCUT2D eigenvalue weighted by Gasteiger charge is 2.15. The van der Waals surface area contributed by atoms with Crippen molar-refractivity contribution in [3.63, 3.8) is 0 Å². The van der Waals surface area contributed by atoms with Gasteiger partial charge in [0.05, 0.1) is 6.42 Å². The summed E-state index contributed by atoms with van der Waals surface area (Å²) in [5.41, 5.74) is 0.510. The van der Waals surface area contributed by atoms with E-state index < -0.39 is 5.97 Å².